The summed E-state index contributed by atoms with van der Waals surface area (Å²) >= 11 is 0. The lowest BCUT2D eigenvalue weighted by Gasteiger charge is -2.19. The summed E-state index contributed by atoms with van der Waals surface area (Å²) in [5, 5.41) is 0. The van der Waals surface area contributed by atoms with E-state index in [-0.39, 0.29) is 19.4 Å². The van der Waals surface area contributed by atoms with Crippen LogP contribution in [0.1, 0.15) is 90.9 Å². The molecule has 0 aromatic carbocycles. The molecule has 0 aliphatic heterocycles. The molecule has 0 aromatic heterocycles. The lowest BCUT2D eigenvalue weighted by atomic mass is 10.2. The van der Waals surface area contributed by atoms with Gasteiger partial charge in [0.2, 0.25) is 0 Å². The molecule has 2 unspecified atom stereocenters. The van der Waals surface area contributed by atoms with Crippen LogP contribution in [0.3, 0.4) is 0 Å². The third-order valence-corrected chi connectivity index (χ3v) is 7.00. The Balaban J connectivity index is 4.43. The summed E-state index contributed by atoms with van der Waals surface area (Å²) in [6.45, 7) is 3.46. The fraction of sp³-hybridized carbons (Fsp3) is 0.474. The van der Waals surface area contributed by atoms with E-state index in [0.717, 1.165) is 58.5 Å². The number of carbonyl (C=O) groups excluding carboxylic acids is 2. The Labute approximate surface area is 283 Å². The monoisotopic (exact) mass is 672 g/mol. The summed E-state index contributed by atoms with van der Waals surface area (Å²) in [4.78, 5) is 34.1. The normalized spacial score (nSPS) is 14.9. The molecule has 1 N–H and O–H groups in total. The summed E-state index contributed by atoms with van der Waals surface area (Å²) in [5.74, 6) is -1.06. The highest BCUT2D eigenvalue weighted by Gasteiger charge is 2.24. The summed E-state index contributed by atoms with van der Waals surface area (Å²) in [7, 11) is -3.28. The van der Waals surface area contributed by atoms with Crippen molar-refractivity contribution in [3.8, 4) is 0 Å². The first-order chi connectivity index (χ1) is 22.8. The van der Waals surface area contributed by atoms with Crippen LogP contribution < -0.4 is 0 Å². The van der Waals surface area contributed by atoms with Crippen molar-refractivity contribution in [3.05, 3.63) is 109 Å². The topological polar surface area (TPSA) is 108 Å². The number of esters is 2. The Morgan fingerprint density at radius 1 is 0.596 bits per heavy atom. The molecule has 0 fully saturated rings. The van der Waals surface area contributed by atoms with Gasteiger partial charge in [0.05, 0.1) is 13.0 Å². The van der Waals surface area contributed by atoms with Gasteiger partial charge < -0.3 is 14.4 Å². The van der Waals surface area contributed by atoms with Crippen LogP contribution >= 0.6 is 7.82 Å². The van der Waals surface area contributed by atoms with Crippen LogP contribution in [0, 0.1) is 0 Å². The van der Waals surface area contributed by atoms with Gasteiger partial charge in [-0.25, -0.2) is 4.57 Å². The molecule has 0 aliphatic rings. The molecule has 0 saturated carbocycles. The van der Waals surface area contributed by atoms with Crippen LogP contribution in [0.5, 0.6) is 0 Å². The van der Waals surface area contributed by atoms with Crippen molar-refractivity contribution >= 4 is 19.8 Å². The summed E-state index contributed by atoms with van der Waals surface area (Å²) in [6.07, 6.45) is 44.7. The highest BCUT2D eigenvalue weighted by atomic mass is 31.2. The summed E-state index contributed by atoms with van der Waals surface area (Å²) in [6, 6.07) is 0. The predicted octanol–water partition coefficient (Wildman–Crippen LogP) is 9.93. The molecule has 0 aromatic rings. The molecule has 0 bridgehead atoms. The standard InChI is InChI=1S/C38H57O8P/c1-4-6-8-10-12-14-16-18-19-21-23-25-27-29-31-33-38(40)46-36(35-45-47(41,42)43-3)34-44-37(39)32-30-28-26-24-22-20-17-15-13-11-9-7-5-2/h6-9,12-15,18-20,22-23,25-26,28-29,31,36H,4-5,10-11,16-17,21,24,27,30,32-35H2,1-3H3,(H,41,42)/b8-6-,9-7-,14-12-,15-13-,19-18-,22-20-,25-23-,28-26-,31-29-. The fourth-order valence-electron chi connectivity index (χ4n) is 3.57. The van der Waals surface area contributed by atoms with Crippen molar-refractivity contribution < 1.29 is 37.6 Å². The van der Waals surface area contributed by atoms with E-state index in [0.29, 0.717) is 12.8 Å². The van der Waals surface area contributed by atoms with E-state index in [1.807, 2.05) is 24.3 Å². The first-order valence-corrected chi connectivity index (χ1v) is 18.1. The van der Waals surface area contributed by atoms with E-state index in [4.69, 9.17) is 14.0 Å². The SMILES string of the molecule is CC/C=C\C/C=C\C/C=C\C/C=C\C/C=C\CC(=O)OC(COC(=O)CC/C=C\C/C=C\C/C=C\C/C=C\CC)COP(=O)(O)OC. The first kappa shape index (κ1) is 43.7. The van der Waals surface area contributed by atoms with Crippen LogP contribution in [-0.4, -0.2) is 43.3 Å². The average Bonchev–Trinajstić information content (AvgIpc) is 3.06. The van der Waals surface area contributed by atoms with E-state index < -0.39 is 32.5 Å². The van der Waals surface area contributed by atoms with Gasteiger partial charge in [0.25, 0.3) is 0 Å². The zero-order valence-corrected chi connectivity index (χ0v) is 29.5. The number of phosphoric ester groups is 1. The minimum Gasteiger partial charge on any atom is -0.462 e. The van der Waals surface area contributed by atoms with Crippen molar-refractivity contribution in [2.75, 3.05) is 20.3 Å². The zero-order valence-electron chi connectivity index (χ0n) is 28.6. The largest absolute Gasteiger partial charge is 0.472 e. The summed E-state index contributed by atoms with van der Waals surface area (Å²) < 4.78 is 31.5. The lowest BCUT2D eigenvalue weighted by Crippen LogP contribution is -2.29. The van der Waals surface area contributed by atoms with Crippen molar-refractivity contribution in [1.29, 1.82) is 0 Å². The third kappa shape index (κ3) is 32.4. The van der Waals surface area contributed by atoms with Crippen molar-refractivity contribution in [2.45, 2.75) is 97.0 Å². The number of carbonyl (C=O) groups is 2. The van der Waals surface area contributed by atoms with Gasteiger partial charge in [-0.2, -0.15) is 0 Å². The second-order valence-corrected chi connectivity index (χ2v) is 11.8. The minimum absolute atomic E-state index is 0.00906. The lowest BCUT2D eigenvalue weighted by molar-refractivity contribution is -0.160. The van der Waals surface area contributed by atoms with Crippen LogP contribution in [0.25, 0.3) is 0 Å². The van der Waals surface area contributed by atoms with Crippen molar-refractivity contribution in [2.24, 2.45) is 0 Å². The molecule has 8 nitrogen and oxygen atoms in total. The Morgan fingerprint density at radius 3 is 1.43 bits per heavy atom. The van der Waals surface area contributed by atoms with E-state index >= 15 is 0 Å². The van der Waals surface area contributed by atoms with Gasteiger partial charge in [-0.3, -0.25) is 18.6 Å². The quantitative estimate of drug-likeness (QED) is 0.0497. The minimum atomic E-state index is -4.30. The van der Waals surface area contributed by atoms with Gasteiger partial charge >= 0.3 is 19.8 Å². The first-order valence-electron chi connectivity index (χ1n) is 16.6. The Kier molecular flexibility index (Phi) is 30.4. The van der Waals surface area contributed by atoms with Gasteiger partial charge in [0.1, 0.15) is 6.61 Å². The fourth-order valence-corrected chi connectivity index (χ4v) is 4.03. The van der Waals surface area contributed by atoms with Gasteiger partial charge in [0, 0.05) is 13.5 Å². The molecule has 0 amide bonds. The average molecular weight is 673 g/mol. The van der Waals surface area contributed by atoms with Gasteiger partial charge in [-0.05, 0) is 64.2 Å². The maximum atomic E-state index is 12.3. The smallest absolute Gasteiger partial charge is 0.462 e. The van der Waals surface area contributed by atoms with Gasteiger partial charge in [-0.15, -0.1) is 0 Å². The molecule has 47 heavy (non-hydrogen) atoms. The molecular formula is C38H57O8P. The van der Waals surface area contributed by atoms with E-state index in [2.05, 4.69) is 97.4 Å². The van der Waals surface area contributed by atoms with Crippen LogP contribution in [0.2, 0.25) is 0 Å². The zero-order chi connectivity index (χ0) is 34.7. The Bertz CT molecular complexity index is 1120. The maximum Gasteiger partial charge on any atom is 0.472 e. The molecule has 0 spiro atoms. The number of phosphoric acid groups is 1. The molecule has 262 valence electrons. The van der Waals surface area contributed by atoms with E-state index in [1.54, 1.807) is 6.08 Å². The van der Waals surface area contributed by atoms with E-state index in [9.17, 15) is 19.0 Å². The van der Waals surface area contributed by atoms with Crippen molar-refractivity contribution in [3.63, 3.8) is 0 Å². The molecule has 0 saturated heterocycles. The van der Waals surface area contributed by atoms with E-state index in [1.165, 1.54) is 0 Å². The number of allylic oxidation sites excluding steroid dienone is 17. The van der Waals surface area contributed by atoms with Crippen LogP contribution in [-0.2, 0) is 32.7 Å². The molecule has 0 rings (SSSR count). The second-order valence-electron chi connectivity index (χ2n) is 10.2. The number of hydrogen-bond acceptors (Lipinski definition) is 7. The van der Waals surface area contributed by atoms with Gasteiger partial charge in [0.15, 0.2) is 6.10 Å². The van der Waals surface area contributed by atoms with Crippen molar-refractivity contribution in [1.82, 2.24) is 0 Å². The maximum absolute atomic E-state index is 12.3. The number of rotatable bonds is 28. The highest BCUT2D eigenvalue weighted by Crippen LogP contribution is 2.42. The van der Waals surface area contributed by atoms with Crippen LogP contribution in [0.4, 0.5) is 0 Å². The Morgan fingerprint density at radius 2 is 1.00 bits per heavy atom. The number of ether oxygens (including phenoxy) is 2. The Hall–Kier alpha value is -3.29. The van der Waals surface area contributed by atoms with Crippen LogP contribution in [0.15, 0.2) is 109 Å². The molecule has 0 aliphatic carbocycles. The highest BCUT2D eigenvalue weighted by molar-refractivity contribution is 7.47. The number of hydrogen-bond donors (Lipinski definition) is 1. The molecule has 0 heterocycles. The predicted molar refractivity (Wildman–Crippen MR) is 193 cm³/mol. The molecular weight excluding hydrogens is 615 g/mol. The molecule has 9 heteroatoms. The third-order valence-electron chi connectivity index (χ3n) is 6.06. The van der Waals surface area contributed by atoms with Gasteiger partial charge in [-0.1, -0.05) is 123 Å². The second kappa shape index (κ2) is 32.6. The molecule has 0 radical (unpaired) electrons. The molecule has 2 atom stereocenters. The summed E-state index contributed by atoms with van der Waals surface area (Å²) in [5.41, 5.74) is 0.